The summed E-state index contributed by atoms with van der Waals surface area (Å²) in [6.45, 7) is 7.78. The van der Waals surface area contributed by atoms with Gasteiger partial charge in [-0.05, 0) is 39.1 Å². The Kier molecular flexibility index (Phi) is 4.17. The van der Waals surface area contributed by atoms with Gasteiger partial charge in [0.1, 0.15) is 5.82 Å². The molecule has 4 nitrogen and oxygen atoms in total. The summed E-state index contributed by atoms with van der Waals surface area (Å²) in [5.41, 5.74) is 1.46. The average molecular weight is 277 g/mol. The van der Waals surface area contributed by atoms with Crippen LogP contribution in [-0.4, -0.2) is 9.97 Å². The van der Waals surface area contributed by atoms with Crippen LogP contribution in [0.1, 0.15) is 47.9 Å². The third kappa shape index (κ3) is 3.11. The van der Waals surface area contributed by atoms with Crippen molar-refractivity contribution < 1.29 is 0 Å². The van der Waals surface area contributed by atoms with Crippen LogP contribution in [0.2, 0.25) is 0 Å². The number of aromatic amines is 1. The highest BCUT2D eigenvalue weighted by Gasteiger charge is 2.17. The molecule has 2 heterocycles. The van der Waals surface area contributed by atoms with Crippen molar-refractivity contribution in [3.8, 4) is 0 Å². The van der Waals surface area contributed by atoms with E-state index in [1.54, 1.807) is 18.3 Å². The van der Waals surface area contributed by atoms with Gasteiger partial charge in [-0.25, -0.2) is 4.98 Å². The maximum Gasteiger partial charge on any atom is 0.255 e. The first-order valence-electron chi connectivity index (χ1n) is 6.36. The zero-order valence-electron chi connectivity index (χ0n) is 11.7. The molecule has 0 aliphatic carbocycles. The quantitative estimate of drug-likeness (QED) is 0.903. The average Bonchev–Trinajstić information content (AvgIpc) is 2.80. The van der Waals surface area contributed by atoms with E-state index >= 15 is 0 Å². The molecular formula is C14H19N3OS. The molecule has 0 bridgehead atoms. The van der Waals surface area contributed by atoms with Gasteiger partial charge in [-0.15, -0.1) is 11.3 Å². The molecule has 0 fully saturated rings. The lowest BCUT2D eigenvalue weighted by Gasteiger charge is -2.20. The smallest absolute Gasteiger partial charge is 0.255 e. The zero-order valence-corrected chi connectivity index (χ0v) is 12.5. The standard InChI is InChI=1S/C14H19N3OS/c1-8(12-6-5-7-19-12)15-9(2)13-10(3)16-11(4)17-14(13)18/h5-9,15H,1-4H3,(H,16,17,18)/t8-,9?/m0/s1. The summed E-state index contributed by atoms with van der Waals surface area (Å²) in [5, 5.41) is 5.51. The molecule has 1 unspecified atom stereocenters. The summed E-state index contributed by atoms with van der Waals surface area (Å²) in [5.74, 6) is 0.657. The predicted octanol–water partition coefficient (Wildman–Crippen LogP) is 2.86. The van der Waals surface area contributed by atoms with Gasteiger partial charge in [0.25, 0.3) is 5.56 Å². The van der Waals surface area contributed by atoms with Gasteiger partial charge in [0.2, 0.25) is 0 Å². The number of hydrogen-bond donors (Lipinski definition) is 2. The fourth-order valence-corrected chi connectivity index (χ4v) is 3.07. The normalized spacial score (nSPS) is 14.3. The lowest BCUT2D eigenvalue weighted by atomic mass is 10.1. The van der Waals surface area contributed by atoms with E-state index in [4.69, 9.17) is 0 Å². The molecular weight excluding hydrogens is 258 g/mol. The molecule has 19 heavy (non-hydrogen) atoms. The van der Waals surface area contributed by atoms with Crippen LogP contribution >= 0.6 is 11.3 Å². The van der Waals surface area contributed by atoms with Crippen molar-refractivity contribution in [2.45, 2.75) is 39.8 Å². The van der Waals surface area contributed by atoms with Crippen molar-refractivity contribution in [1.29, 1.82) is 0 Å². The van der Waals surface area contributed by atoms with Crippen molar-refractivity contribution in [3.63, 3.8) is 0 Å². The van der Waals surface area contributed by atoms with Crippen molar-refractivity contribution in [1.82, 2.24) is 15.3 Å². The highest BCUT2D eigenvalue weighted by Crippen LogP contribution is 2.22. The molecule has 0 aromatic carbocycles. The topological polar surface area (TPSA) is 57.8 Å². The highest BCUT2D eigenvalue weighted by atomic mass is 32.1. The second-order valence-electron chi connectivity index (χ2n) is 4.78. The third-order valence-corrected chi connectivity index (χ3v) is 4.22. The van der Waals surface area contributed by atoms with Gasteiger partial charge in [-0.1, -0.05) is 6.07 Å². The van der Waals surface area contributed by atoms with Crippen molar-refractivity contribution in [3.05, 3.63) is 49.8 Å². The van der Waals surface area contributed by atoms with Gasteiger partial charge in [0, 0.05) is 22.7 Å². The van der Waals surface area contributed by atoms with Gasteiger partial charge in [-0.3, -0.25) is 4.79 Å². The van der Waals surface area contributed by atoms with E-state index in [2.05, 4.69) is 33.7 Å². The number of nitrogens with zero attached hydrogens (tertiary/aromatic N) is 1. The van der Waals surface area contributed by atoms with Gasteiger partial charge in [0.05, 0.1) is 5.56 Å². The second-order valence-corrected chi connectivity index (χ2v) is 5.76. The molecule has 2 N–H and O–H groups in total. The molecule has 2 aromatic rings. The first kappa shape index (κ1) is 14.0. The van der Waals surface area contributed by atoms with Gasteiger partial charge >= 0.3 is 0 Å². The summed E-state index contributed by atoms with van der Waals surface area (Å²) in [7, 11) is 0. The van der Waals surface area contributed by atoms with E-state index in [0.29, 0.717) is 11.4 Å². The Morgan fingerprint density at radius 3 is 2.63 bits per heavy atom. The lowest BCUT2D eigenvalue weighted by Crippen LogP contribution is -2.29. The number of hydrogen-bond acceptors (Lipinski definition) is 4. The number of thiophene rings is 1. The van der Waals surface area contributed by atoms with E-state index in [0.717, 1.165) is 5.69 Å². The van der Waals surface area contributed by atoms with Crippen molar-refractivity contribution in [2.24, 2.45) is 0 Å². The van der Waals surface area contributed by atoms with Gasteiger partial charge < -0.3 is 10.3 Å². The number of aryl methyl sites for hydroxylation is 2. The fraction of sp³-hybridized carbons (Fsp3) is 0.429. The van der Waals surface area contributed by atoms with E-state index < -0.39 is 0 Å². The minimum Gasteiger partial charge on any atom is -0.310 e. The molecule has 0 spiro atoms. The Labute approximate surface area is 116 Å². The number of nitrogens with one attached hydrogen (secondary N) is 2. The molecule has 0 saturated heterocycles. The van der Waals surface area contributed by atoms with E-state index in [-0.39, 0.29) is 17.6 Å². The molecule has 102 valence electrons. The molecule has 5 heteroatoms. The van der Waals surface area contributed by atoms with E-state index in [1.165, 1.54) is 4.88 Å². The fourth-order valence-electron chi connectivity index (χ4n) is 2.32. The minimum atomic E-state index is -0.0524. The largest absolute Gasteiger partial charge is 0.310 e. The zero-order chi connectivity index (χ0) is 14.0. The van der Waals surface area contributed by atoms with Crippen LogP contribution in [0.15, 0.2) is 22.3 Å². The predicted molar refractivity (Wildman–Crippen MR) is 78.6 cm³/mol. The molecule has 2 aromatic heterocycles. The maximum atomic E-state index is 12.0. The number of rotatable bonds is 4. The van der Waals surface area contributed by atoms with Crippen LogP contribution in [-0.2, 0) is 0 Å². The Hall–Kier alpha value is -1.46. The van der Waals surface area contributed by atoms with Gasteiger partial charge in [0.15, 0.2) is 0 Å². The Morgan fingerprint density at radius 1 is 1.32 bits per heavy atom. The summed E-state index contributed by atoms with van der Waals surface area (Å²) in [6.07, 6.45) is 0. The van der Waals surface area contributed by atoms with E-state index in [9.17, 15) is 4.79 Å². The van der Waals surface area contributed by atoms with Crippen LogP contribution < -0.4 is 10.9 Å². The summed E-state index contributed by atoms with van der Waals surface area (Å²) >= 11 is 1.71. The maximum absolute atomic E-state index is 12.0. The Bertz CT molecular complexity index is 604. The molecule has 2 atom stereocenters. The van der Waals surface area contributed by atoms with Crippen molar-refractivity contribution >= 4 is 11.3 Å². The SMILES string of the molecule is Cc1nc(C)c(C(C)N[C@@H](C)c2cccs2)c(=O)[nH]1. The summed E-state index contributed by atoms with van der Waals surface area (Å²) in [6, 6.07) is 4.32. The monoisotopic (exact) mass is 277 g/mol. The van der Waals surface area contributed by atoms with Crippen LogP contribution in [0.5, 0.6) is 0 Å². The lowest BCUT2D eigenvalue weighted by molar-refractivity contribution is 0.493. The molecule has 0 amide bonds. The highest BCUT2D eigenvalue weighted by molar-refractivity contribution is 7.10. The van der Waals surface area contributed by atoms with Crippen LogP contribution in [0.25, 0.3) is 0 Å². The number of H-pyrrole nitrogens is 1. The Morgan fingerprint density at radius 2 is 2.05 bits per heavy atom. The molecule has 0 saturated carbocycles. The molecule has 0 aliphatic rings. The minimum absolute atomic E-state index is 0.0334. The summed E-state index contributed by atoms with van der Waals surface area (Å²) in [4.78, 5) is 20.4. The van der Waals surface area contributed by atoms with Gasteiger partial charge in [-0.2, -0.15) is 0 Å². The van der Waals surface area contributed by atoms with Crippen LogP contribution in [0, 0.1) is 13.8 Å². The van der Waals surface area contributed by atoms with Crippen molar-refractivity contribution in [2.75, 3.05) is 0 Å². The van der Waals surface area contributed by atoms with E-state index in [1.807, 2.05) is 19.9 Å². The first-order chi connectivity index (χ1) is 8.99. The second kappa shape index (κ2) is 5.67. The number of aromatic nitrogens is 2. The molecule has 0 radical (unpaired) electrons. The first-order valence-corrected chi connectivity index (χ1v) is 7.24. The van der Waals surface area contributed by atoms with Crippen LogP contribution in [0.3, 0.4) is 0 Å². The summed E-state index contributed by atoms with van der Waals surface area (Å²) < 4.78 is 0. The third-order valence-electron chi connectivity index (χ3n) is 3.17. The molecule has 0 aliphatic heterocycles. The molecule has 2 rings (SSSR count). The van der Waals surface area contributed by atoms with Crippen LogP contribution in [0.4, 0.5) is 0 Å². The Balaban J connectivity index is 2.21.